The van der Waals surface area contributed by atoms with Gasteiger partial charge in [-0.15, -0.1) is 0 Å². The second-order valence-electron chi connectivity index (χ2n) is 5.57. The van der Waals surface area contributed by atoms with E-state index in [1.54, 1.807) is 26.0 Å². The van der Waals surface area contributed by atoms with Crippen LogP contribution in [0.5, 0.6) is 0 Å². The van der Waals surface area contributed by atoms with Crippen LogP contribution in [0.2, 0.25) is 0 Å². The van der Waals surface area contributed by atoms with E-state index >= 15 is 0 Å². The number of benzene rings is 1. The number of halogens is 1. The first kappa shape index (κ1) is 14.5. The Labute approximate surface area is 117 Å². The summed E-state index contributed by atoms with van der Waals surface area (Å²) in [7, 11) is 0. The van der Waals surface area contributed by atoms with Gasteiger partial charge in [0.25, 0.3) is 0 Å². The molecule has 3 atom stereocenters. The van der Waals surface area contributed by atoms with Gasteiger partial charge in [-0.2, -0.15) is 0 Å². The van der Waals surface area contributed by atoms with Gasteiger partial charge in [0.15, 0.2) is 0 Å². The van der Waals surface area contributed by atoms with Crippen LogP contribution in [0.25, 0.3) is 0 Å². The van der Waals surface area contributed by atoms with E-state index in [4.69, 9.17) is 5.11 Å². The number of carbonyl (C=O) groups is 2. The summed E-state index contributed by atoms with van der Waals surface area (Å²) >= 11 is 0. The summed E-state index contributed by atoms with van der Waals surface area (Å²) < 4.78 is 12.8. The van der Waals surface area contributed by atoms with Crippen molar-refractivity contribution in [1.29, 1.82) is 0 Å². The van der Waals surface area contributed by atoms with E-state index < -0.39 is 12.0 Å². The fourth-order valence-corrected chi connectivity index (χ4v) is 2.34. The lowest BCUT2D eigenvalue weighted by molar-refractivity contribution is -0.143. The maximum atomic E-state index is 12.8. The van der Waals surface area contributed by atoms with Gasteiger partial charge in [-0.05, 0) is 36.0 Å². The minimum absolute atomic E-state index is 0.0669. The van der Waals surface area contributed by atoms with Crippen LogP contribution in [0.15, 0.2) is 24.3 Å². The molecule has 2 N–H and O–H groups in total. The van der Waals surface area contributed by atoms with E-state index in [0.29, 0.717) is 6.42 Å². The number of amides is 1. The van der Waals surface area contributed by atoms with Gasteiger partial charge in [0.1, 0.15) is 11.9 Å². The number of hydrogen-bond donors (Lipinski definition) is 2. The van der Waals surface area contributed by atoms with Gasteiger partial charge in [0.2, 0.25) is 5.91 Å². The zero-order valence-electron chi connectivity index (χ0n) is 11.5. The van der Waals surface area contributed by atoms with Crippen molar-refractivity contribution >= 4 is 11.9 Å². The summed E-state index contributed by atoms with van der Waals surface area (Å²) in [4.78, 5) is 23.1. The summed E-state index contributed by atoms with van der Waals surface area (Å²) in [5.41, 5.74) is 0.919. The summed E-state index contributed by atoms with van der Waals surface area (Å²) in [6, 6.07) is 5.22. The van der Waals surface area contributed by atoms with Gasteiger partial charge in [-0.3, -0.25) is 4.79 Å². The quantitative estimate of drug-likeness (QED) is 0.868. The molecule has 0 heterocycles. The van der Waals surface area contributed by atoms with E-state index in [0.717, 1.165) is 5.56 Å². The third-order valence-electron chi connectivity index (χ3n) is 3.66. The Bertz CT molecular complexity index is 512. The highest BCUT2D eigenvalue weighted by Gasteiger charge is 2.45. The van der Waals surface area contributed by atoms with Crippen LogP contribution in [0.3, 0.4) is 0 Å². The number of rotatable bonds is 5. The van der Waals surface area contributed by atoms with Crippen LogP contribution < -0.4 is 5.32 Å². The van der Waals surface area contributed by atoms with E-state index in [2.05, 4.69) is 5.32 Å². The summed E-state index contributed by atoms with van der Waals surface area (Å²) in [5, 5.41) is 11.6. The summed E-state index contributed by atoms with van der Waals surface area (Å²) in [5.74, 6) is -1.87. The fourth-order valence-electron chi connectivity index (χ4n) is 2.34. The molecule has 1 aromatic rings. The molecule has 0 radical (unpaired) electrons. The molecule has 3 unspecified atom stereocenters. The predicted octanol–water partition coefficient (Wildman–Crippen LogP) is 2.15. The smallest absolute Gasteiger partial charge is 0.326 e. The number of aliphatic carboxylic acids is 1. The van der Waals surface area contributed by atoms with E-state index in [-0.39, 0.29) is 29.5 Å². The first-order valence-electron chi connectivity index (χ1n) is 6.68. The molecule has 0 aliphatic heterocycles. The summed E-state index contributed by atoms with van der Waals surface area (Å²) in [6.45, 7) is 3.51. The summed E-state index contributed by atoms with van der Waals surface area (Å²) in [6.07, 6.45) is 0.682. The van der Waals surface area contributed by atoms with Crippen molar-refractivity contribution in [3.8, 4) is 0 Å². The Morgan fingerprint density at radius 3 is 2.40 bits per heavy atom. The Balaban J connectivity index is 1.96. The molecular weight excluding hydrogens is 261 g/mol. The lowest BCUT2D eigenvalue weighted by Crippen LogP contribution is -2.45. The Morgan fingerprint density at radius 2 is 1.90 bits per heavy atom. The first-order chi connectivity index (χ1) is 9.40. The average Bonchev–Trinajstić information content (AvgIpc) is 3.16. The van der Waals surface area contributed by atoms with Gasteiger partial charge >= 0.3 is 5.97 Å². The topological polar surface area (TPSA) is 66.4 Å². The van der Waals surface area contributed by atoms with Crippen LogP contribution in [0.4, 0.5) is 4.39 Å². The predicted molar refractivity (Wildman–Crippen MR) is 71.7 cm³/mol. The van der Waals surface area contributed by atoms with Gasteiger partial charge in [-0.25, -0.2) is 9.18 Å². The normalized spacial score (nSPS) is 22.4. The largest absolute Gasteiger partial charge is 0.480 e. The second-order valence-corrected chi connectivity index (χ2v) is 5.57. The number of nitrogens with one attached hydrogen (secondary N) is 1. The van der Waals surface area contributed by atoms with Crippen molar-refractivity contribution < 1.29 is 19.1 Å². The number of carboxylic acids is 1. The SMILES string of the molecule is CC(C)C(NC(=O)C1CC1c1ccc(F)cc1)C(=O)O. The molecule has 2 rings (SSSR count). The molecule has 5 heteroatoms. The lowest BCUT2D eigenvalue weighted by Gasteiger charge is -2.17. The van der Waals surface area contributed by atoms with Crippen molar-refractivity contribution in [3.63, 3.8) is 0 Å². The Kier molecular flexibility index (Phi) is 4.06. The van der Waals surface area contributed by atoms with Crippen molar-refractivity contribution in [2.24, 2.45) is 11.8 Å². The monoisotopic (exact) mass is 279 g/mol. The highest BCUT2D eigenvalue weighted by atomic mass is 19.1. The third kappa shape index (κ3) is 3.15. The van der Waals surface area contributed by atoms with E-state index in [1.165, 1.54) is 12.1 Å². The number of carboxylic acid groups (broad SMARTS) is 1. The van der Waals surface area contributed by atoms with Gasteiger partial charge in [0.05, 0.1) is 0 Å². The van der Waals surface area contributed by atoms with Crippen molar-refractivity contribution in [2.75, 3.05) is 0 Å². The molecule has 0 aromatic heterocycles. The average molecular weight is 279 g/mol. The number of carbonyl (C=O) groups excluding carboxylic acids is 1. The second kappa shape index (κ2) is 5.61. The maximum Gasteiger partial charge on any atom is 0.326 e. The minimum atomic E-state index is -1.02. The molecule has 1 amide bonds. The highest BCUT2D eigenvalue weighted by Crippen LogP contribution is 2.47. The Hall–Kier alpha value is -1.91. The number of hydrogen-bond acceptors (Lipinski definition) is 2. The van der Waals surface area contributed by atoms with Crippen LogP contribution in [0.1, 0.15) is 31.7 Å². The molecule has 1 aliphatic rings. The van der Waals surface area contributed by atoms with E-state index in [1.807, 2.05) is 0 Å². The van der Waals surface area contributed by atoms with Gasteiger partial charge in [-0.1, -0.05) is 26.0 Å². The highest BCUT2D eigenvalue weighted by molar-refractivity contribution is 5.87. The molecular formula is C15H18FNO3. The van der Waals surface area contributed by atoms with E-state index in [9.17, 15) is 14.0 Å². The third-order valence-corrected chi connectivity index (χ3v) is 3.66. The van der Waals surface area contributed by atoms with Crippen LogP contribution in [0, 0.1) is 17.7 Å². The molecule has 1 fully saturated rings. The molecule has 108 valence electrons. The lowest BCUT2D eigenvalue weighted by atomic mass is 10.0. The zero-order chi connectivity index (χ0) is 14.9. The molecule has 20 heavy (non-hydrogen) atoms. The minimum Gasteiger partial charge on any atom is -0.480 e. The Morgan fingerprint density at radius 1 is 1.30 bits per heavy atom. The molecule has 0 saturated heterocycles. The standard InChI is InChI=1S/C15H18FNO3/c1-8(2)13(15(19)20)17-14(18)12-7-11(12)9-3-5-10(16)6-4-9/h3-6,8,11-13H,7H2,1-2H3,(H,17,18)(H,19,20). The van der Waals surface area contributed by atoms with Crippen LogP contribution >= 0.6 is 0 Å². The van der Waals surface area contributed by atoms with Gasteiger partial charge < -0.3 is 10.4 Å². The van der Waals surface area contributed by atoms with Crippen LogP contribution in [-0.4, -0.2) is 23.0 Å². The zero-order valence-corrected chi connectivity index (χ0v) is 11.5. The molecule has 0 spiro atoms. The van der Waals surface area contributed by atoms with Crippen molar-refractivity contribution in [1.82, 2.24) is 5.32 Å². The van der Waals surface area contributed by atoms with Crippen molar-refractivity contribution in [3.05, 3.63) is 35.6 Å². The van der Waals surface area contributed by atoms with Gasteiger partial charge in [0, 0.05) is 5.92 Å². The molecule has 1 aromatic carbocycles. The van der Waals surface area contributed by atoms with Crippen LogP contribution in [-0.2, 0) is 9.59 Å². The molecule has 1 saturated carbocycles. The molecule has 1 aliphatic carbocycles. The molecule has 0 bridgehead atoms. The maximum absolute atomic E-state index is 12.8. The first-order valence-corrected chi connectivity index (χ1v) is 6.68. The molecule has 4 nitrogen and oxygen atoms in total. The van der Waals surface area contributed by atoms with Crippen molar-refractivity contribution in [2.45, 2.75) is 32.2 Å². The fraction of sp³-hybridized carbons (Fsp3) is 0.467.